The number of ether oxygens (including phenoxy) is 1. The number of unbranched alkanes of at least 4 members (excludes halogenated alkanes) is 1. The molecule has 4 heteroatoms. The molecule has 0 bridgehead atoms. The van der Waals surface area contributed by atoms with Gasteiger partial charge in [-0.25, -0.2) is 0 Å². The topological polar surface area (TPSA) is 51.2 Å². The van der Waals surface area contributed by atoms with Crippen LogP contribution in [0.15, 0.2) is 24.5 Å². The molecule has 18 heavy (non-hydrogen) atoms. The lowest BCUT2D eigenvalue weighted by Crippen LogP contribution is -2.24. The van der Waals surface area contributed by atoms with Crippen LogP contribution in [-0.4, -0.2) is 31.2 Å². The van der Waals surface area contributed by atoms with Crippen molar-refractivity contribution in [3.8, 4) is 0 Å². The van der Waals surface area contributed by atoms with Gasteiger partial charge in [-0.2, -0.15) is 0 Å². The van der Waals surface area contributed by atoms with E-state index in [1.807, 2.05) is 18.3 Å². The molecule has 1 aromatic rings. The molecule has 0 aliphatic heterocycles. The number of methoxy groups -OCH3 is 1. The largest absolute Gasteiger partial charge is 0.385 e. The van der Waals surface area contributed by atoms with E-state index < -0.39 is 0 Å². The van der Waals surface area contributed by atoms with Crippen molar-refractivity contribution in [2.75, 3.05) is 20.3 Å². The third-order valence-electron chi connectivity index (χ3n) is 2.69. The van der Waals surface area contributed by atoms with Crippen LogP contribution in [0.3, 0.4) is 0 Å². The molecule has 0 aliphatic rings. The predicted molar refractivity (Wildman–Crippen MR) is 71.3 cm³/mol. The lowest BCUT2D eigenvalue weighted by Gasteiger charge is -2.05. The minimum Gasteiger partial charge on any atom is -0.385 e. The maximum Gasteiger partial charge on any atom is 0.220 e. The first-order valence-electron chi connectivity index (χ1n) is 6.47. The van der Waals surface area contributed by atoms with Gasteiger partial charge in [0.05, 0.1) is 0 Å². The van der Waals surface area contributed by atoms with Crippen molar-refractivity contribution in [3.05, 3.63) is 30.1 Å². The van der Waals surface area contributed by atoms with Crippen LogP contribution in [0.2, 0.25) is 0 Å². The van der Waals surface area contributed by atoms with Crippen molar-refractivity contribution in [2.24, 2.45) is 0 Å². The zero-order valence-corrected chi connectivity index (χ0v) is 11.0. The number of amides is 1. The molecular weight excluding hydrogens is 228 g/mol. The first-order chi connectivity index (χ1) is 8.83. The first kappa shape index (κ1) is 14.6. The standard InChI is InChI=1S/C14H22N2O2/c1-18-11-3-2-10-16-14(17)8-4-6-13-7-5-9-15-12-13/h5,7,9,12H,2-4,6,8,10-11H2,1H3,(H,16,17). The Morgan fingerprint density at radius 1 is 1.39 bits per heavy atom. The van der Waals surface area contributed by atoms with Crippen molar-refractivity contribution in [3.63, 3.8) is 0 Å². The average molecular weight is 250 g/mol. The number of carbonyl (C=O) groups excluding carboxylic acids is 1. The molecule has 1 amide bonds. The summed E-state index contributed by atoms with van der Waals surface area (Å²) < 4.78 is 4.94. The van der Waals surface area contributed by atoms with Gasteiger partial charge in [-0.15, -0.1) is 0 Å². The molecule has 1 aromatic heterocycles. The normalized spacial score (nSPS) is 10.3. The smallest absolute Gasteiger partial charge is 0.220 e. The van der Waals surface area contributed by atoms with Crippen LogP contribution in [0.25, 0.3) is 0 Å². The van der Waals surface area contributed by atoms with Gasteiger partial charge in [0.1, 0.15) is 0 Å². The highest BCUT2D eigenvalue weighted by molar-refractivity contribution is 5.75. The highest BCUT2D eigenvalue weighted by Gasteiger charge is 2.01. The Morgan fingerprint density at radius 3 is 3.00 bits per heavy atom. The van der Waals surface area contributed by atoms with Crippen LogP contribution in [0, 0.1) is 0 Å². The van der Waals surface area contributed by atoms with Crippen LogP contribution in [0.4, 0.5) is 0 Å². The molecule has 0 spiro atoms. The quantitative estimate of drug-likeness (QED) is 0.681. The van der Waals surface area contributed by atoms with Gasteiger partial charge in [-0.3, -0.25) is 9.78 Å². The molecule has 0 saturated heterocycles. The summed E-state index contributed by atoms with van der Waals surface area (Å²) in [6, 6.07) is 3.96. The minimum atomic E-state index is 0.135. The van der Waals surface area contributed by atoms with Crippen LogP contribution >= 0.6 is 0 Å². The minimum absolute atomic E-state index is 0.135. The molecule has 1 heterocycles. The van der Waals surface area contributed by atoms with Crippen LogP contribution in [-0.2, 0) is 16.0 Å². The molecule has 4 nitrogen and oxygen atoms in total. The molecule has 0 saturated carbocycles. The van der Waals surface area contributed by atoms with Crippen LogP contribution in [0.1, 0.15) is 31.2 Å². The van der Waals surface area contributed by atoms with Gasteiger partial charge in [0.15, 0.2) is 0 Å². The third kappa shape index (κ3) is 7.01. The number of pyridine rings is 1. The van der Waals surface area contributed by atoms with Crippen molar-refractivity contribution in [1.82, 2.24) is 10.3 Å². The Kier molecular flexibility index (Phi) is 7.80. The van der Waals surface area contributed by atoms with Crippen molar-refractivity contribution in [2.45, 2.75) is 32.1 Å². The summed E-state index contributed by atoms with van der Waals surface area (Å²) in [4.78, 5) is 15.6. The summed E-state index contributed by atoms with van der Waals surface area (Å²) >= 11 is 0. The second-order valence-corrected chi connectivity index (χ2v) is 4.26. The van der Waals surface area contributed by atoms with E-state index >= 15 is 0 Å². The lowest BCUT2D eigenvalue weighted by atomic mass is 10.1. The van der Waals surface area contributed by atoms with Gasteiger partial charge in [0.2, 0.25) is 5.91 Å². The van der Waals surface area contributed by atoms with E-state index in [9.17, 15) is 4.79 Å². The maximum atomic E-state index is 11.5. The summed E-state index contributed by atoms with van der Waals surface area (Å²) in [5, 5.41) is 2.92. The molecule has 0 atom stereocenters. The monoisotopic (exact) mass is 250 g/mol. The van der Waals surface area contributed by atoms with Crippen molar-refractivity contribution in [1.29, 1.82) is 0 Å². The van der Waals surface area contributed by atoms with E-state index in [-0.39, 0.29) is 5.91 Å². The molecule has 0 fully saturated rings. The molecule has 0 aliphatic carbocycles. The molecule has 0 radical (unpaired) electrons. The summed E-state index contributed by atoms with van der Waals surface area (Å²) in [5.41, 5.74) is 1.19. The molecule has 1 N–H and O–H groups in total. The second kappa shape index (κ2) is 9.59. The zero-order valence-electron chi connectivity index (χ0n) is 11.0. The van der Waals surface area contributed by atoms with Crippen molar-refractivity contribution < 1.29 is 9.53 Å². The fourth-order valence-electron chi connectivity index (χ4n) is 1.69. The summed E-state index contributed by atoms with van der Waals surface area (Å²) in [7, 11) is 1.69. The Hall–Kier alpha value is -1.42. The Bertz CT molecular complexity index is 328. The van der Waals surface area contributed by atoms with E-state index in [1.54, 1.807) is 13.3 Å². The van der Waals surface area contributed by atoms with E-state index in [0.717, 1.165) is 38.8 Å². The van der Waals surface area contributed by atoms with Crippen molar-refractivity contribution >= 4 is 5.91 Å². The van der Waals surface area contributed by atoms with E-state index in [2.05, 4.69) is 10.3 Å². The molecular formula is C14H22N2O2. The molecule has 0 aromatic carbocycles. The van der Waals surface area contributed by atoms with E-state index in [1.165, 1.54) is 5.56 Å². The van der Waals surface area contributed by atoms with Crippen LogP contribution < -0.4 is 5.32 Å². The van der Waals surface area contributed by atoms with Gasteiger partial charge in [0.25, 0.3) is 0 Å². The summed E-state index contributed by atoms with van der Waals surface area (Å²) in [5.74, 6) is 0.135. The number of hydrogen-bond acceptors (Lipinski definition) is 3. The van der Waals surface area contributed by atoms with Gasteiger partial charge in [-0.1, -0.05) is 6.07 Å². The predicted octanol–water partition coefficient (Wildman–Crippen LogP) is 1.95. The number of nitrogens with zero attached hydrogens (tertiary/aromatic N) is 1. The summed E-state index contributed by atoms with van der Waals surface area (Å²) in [6.45, 7) is 1.51. The third-order valence-corrected chi connectivity index (χ3v) is 2.69. The maximum absolute atomic E-state index is 11.5. The van der Waals surface area contributed by atoms with E-state index in [0.29, 0.717) is 6.42 Å². The Morgan fingerprint density at radius 2 is 2.28 bits per heavy atom. The number of rotatable bonds is 9. The lowest BCUT2D eigenvalue weighted by molar-refractivity contribution is -0.121. The Balaban J connectivity index is 2.00. The number of nitrogens with one attached hydrogen (secondary N) is 1. The number of aromatic nitrogens is 1. The first-order valence-corrected chi connectivity index (χ1v) is 6.47. The zero-order chi connectivity index (χ0) is 13.1. The fraction of sp³-hybridized carbons (Fsp3) is 0.571. The van der Waals surface area contributed by atoms with Gasteiger partial charge >= 0.3 is 0 Å². The number of carbonyl (C=O) groups is 1. The SMILES string of the molecule is COCCCCNC(=O)CCCc1cccnc1. The van der Waals surface area contributed by atoms with Gasteiger partial charge in [0, 0.05) is 39.1 Å². The van der Waals surface area contributed by atoms with Gasteiger partial charge in [-0.05, 0) is 37.3 Å². The molecule has 1 rings (SSSR count). The second-order valence-electron chi connectivity index (χ2n) is 4.26. The highest BCUT2D eigenvalue weighted by atomic mass is 16.5. The van der Waals surface area contributed by atoms with E-state index in [4.69, 9.17) is 4.74 Å². The molecule has 0 unspecified atom stereocenters. The average Bonchev–Trinajstić information content (AvgIpc) is 2.40. The fourth-order valence-corrected chi connectivity index (χ4v) is 1.69. The number of aryl methyl sites for hydroxylation is 1. The summed E-state index contributed by atoms with van der Waals surface area (Å²) in [6.07, 6.45) is 7.94. The Labute approximate surface area is 109 Å². The number of hydrogen-bond donors (Lipinski definition) is 1. The van der Waals surface area contributed by atoms with Crippen LogP contribution in [0.5, 0.6) is 0 Å². The molecule has 100 valence electrons. The van der Waals surface area contributed by atoms with Gasteiger partial charge < -0.3 is 10.1 Å². The highest BCUT2D eigenvalue weighted by Crippen LogP contribution is 2.02.